The van der Waals surface area contributed by atoms with Gasteiger partial charge in [-0.3, -0.25) is 24.7 Å². The number of hydrogen-bond acceptors (Lipinski definition) is 4. The summed E-state index contributed by atoms with van der Waals surface area (Å²) in [5, 5.41) is 0. The Hall–Kier alpha value is -1.43. The molecule has 3 N–H and O–H groups in total. The molecule has 0 aliphatic carbocycles. The van der Waals surface area contributed by atoms with Crippen molar-refractivity contribution >= 4 is 17.7 Å². The minimum Gasteiger partial charge on any atom is -0.293 e. The SMILES string of the molecule is CC1CC(=O)N(CC(=O)NN)C1=O. The lowest BCUT2D eigenvalue weighted by Crippen LogP contribution is -2.42. The number of carbonyl (C=O) groups is 3. The zero-order valence-electron chi connectivity index (χ0n) is 7.24. The Morgan fingerprint density at radius 2 is 2.31 bits per heavy atom. The van der Waals surface area contributed by atoms with E-state index in [9.17, 15) is 14.4 Å². The fraction of sp³-hybridized carbons (Fsp3) is 0.571. The summed E-state index contributed by atoms with van der Waals surface area (Å²) >= 11 is 0. The molecule has 6 nitrogen and oxygen atoms in total. The quantitative estimate of drug-likeness (QED) is 0.234. The highest BCUT2D eigenvalue weighted by Gasteiger charge is 2.36. The summed E-state index contributed by atoms with van der Waals surface area (Å²) in [6.45, 7) is 1.37. The molecule has 1 aliphatic rings. The van der Waals surface area contributed by atoms with Gasteiger partial charge in [0, 0.05) is 12.3 Å². The van der Waals surface area contributed by atoms with E-state index in [2.05, 4.69) is 0 Å². The van der Waals surface area contributed by atoms with E-state index in [-0.39, 0.29) is 30.7 Å². The number of nitrogens with two attached hydrogens (primary N) is 1. The lowest BCUT2D eigenvalue weighted by Gasteiger charge is -2.12. The molecule has 0 saturated carbocycles. The van der Waals surface area contributed by atoms with Gasteiger partial charge in [0.05, 0.1) is 0 Å². The van der Waals surface area contributed by atoms with Crippen molar-refractivity contribution in [2.75, 3.05) is 6.54 Å². The standard InChI is InChI=1S/C7H11N3O3/c1-4-2-6(12)10(7(4)13)3-5(11)9-8/h4H,2-3,8H2,1H3,(H,9,11). The molecule has 1 atom stereocenters. The van der Waals surface area contributed by atoms with Crippen LogP contribution in [0.5, 0.6) is 0 Å². The van der Waals surface area contributed by atoms with Gasteiger partial charge in [-0.05, 0) is 0 Å². The van der Waals surface area contributed by atoms with Gasteiger partial charge in [-0.25, -0.2) is 5.84 Å². The minimum atomic E-state index is -0.546. The number of hydrazine groups is 1. The van der Waals surface area contributed by atoms with E-state index < -0.39 is 5.91 Å². The Morgan fingerprint density at radius 3 is 2.69 bits per heavy atom. The van der Waals surface area contributed by atoms with E-state index in [1.54, 1.807) is 6.92 Å². The maximum atomic E-state index is 11.3. The molecule has 0 aromatic heterocycles. The molecule has 0 radical (unpaired) electrons. The fourth-order valence-electron chi connectivity index (χ4n) is 1.20. The lowest BCUT2D eigenvalue weighted by atomic mass is 10.1. The Bertz CT molecular complexity index is 264. The molecule has 0 aromatic rings. The number of nitrogens with one attached hydrogen (secondary N) is 1. The first-order chi connectivity index (χ1) is 6.06. The molecule has 1 saturated heterocycles. The van der Waals surface area contributed by atoms with Crippen molar-refractivity contribution in [1.29, 1.82) is 0 Å². The van der Waals surface area contributed by atoms with Gasteiger partial charge in [-0.15, -0.1) is 0 Å². The predicted octanol–water partition coefficient (Wildman–Crippen LogP) is -1.63. The Morgan fingerprint density at radius 1 is 1.69 bits per heavy atom. The number of carbonyl (C=O) groups excluding carboxylic acids is 3. The molecular weight excluding hydrogens is 174 g/mol. The van der Waals surface area contributed by atoms with Crippen LogP contribution in [0.4, 0.5) is 0 Å². The molecular formula is C7H11N3O3. The third-order valence-electron chi connectivity index (χ3n) is 1.93. The van der Waals surface area contributed by atoms with Crippen molar-refractivity contribution in [2.24, 2.45) is 11.8 Å². The first-order valence-electron chi connectivity index (χ1n) is 3.90. The average molecular weight is 185 g/mol. The van der Waals surface area contributed by atoms with Crippen LogP contribution in [0.1, 0.15) is 13.3 Å². The van der Waals surface area contributed by atoms with Crippen molar-refractivity contribution in [3.63, 3.8) is 0 Å². The average Bonchev–Trinajstić information content (AvgIpc) is 2.32. The van der Waals surface area contributed by atoms with Crippen molar-refractivity contribution in [2.45, 2.75) is 13.3 Å². The number of imide groups is 1. The van der Waals surface area contributed by atoms with Crippen molar-refractivity contribution in [3.05, 3.63) is 0 Å². The maximum absolute atomic E-state index is 11.3. The van der Waals surface area contributed by atoms with Crippen molar-refractivity contribution < 1.29 is 14.4 Å². The van der Waals surface area contributed by atoms with Gasteiger partial charge in [-0.1, -0.05) is 6.92 Å². The molecule has 0 bridgehead atoms. The van der Waals surface area contributed by atoms with Crippen LogP contribution in [-0.2, 0) is 14.4 Å². The number of amides is 3. The molecule has 0 aromatic carbocycles. The molecule has 1 heterocycles. The molecule has 13 heavy (non-hydrogen) atoms. The highest BCUT2D eigenvalue weighted by Crippen LogP contribution is 2.17. The highest BCUT2D eigenvalue weighted by atomic mass is 16.2. The maximum Gasteiger partial charge on any atom is 0.254 e. The van der Waals surface area contributed by atoms with Gasteiger partial charge in [0.15, 0.2) is 0 Å². The Balaban J connectivity index is 2.64. The number of nitrogens with zero attached hydrogens (tertiary/aromatic N) is 1. The molecule has 0 spiro atoms. The summed E-state index contributed by atoms with van der Waals surface area (Å²) in [6.07, 6.45) is 0.177. The third-order valence-corrected chi connectivity index (χ3v) is 1.93. The number of hydrogen-bond donors (Lipinski definition) is 2. The van der Waals surface area contributed by atoms with Gasteiger partial charge in [0.2, 0.25) is 11.8 Å². The largest absolute Gasteiger partial charge is 0.293 e. The lowest BCUT2D eigenvalue weighted by molar-refractivity contribution is -0.143. The van der Waals surface area contributed by atoms with Crippen LogP contribution < -0.4 is 11.3 Å². The zero-order chi connectivity index (χ0) is 10.0. The third kappa shape index (κ3) is 1.83. The Kier molecular flexibility index (Phi) is 2.62. The second kappa shape index (κ2) is 3.53. The van der Waals surface area contributed by atoms with Crippen LogP contribution in [0.3, 0.4) is 0 Å². The zero-order valence-corrected chi connectivity index (χ0v) is 7.24. The normalized spacial score (nSPS) is 22.3. The van der Waals surface area contributed by atoms with Crippen molar-refractivity contribution in [1.82, 2.24) is 10.3 Å². The molecule has 72 valence electrons. The first-order valence-corrected chi connectivity index (χ1v) is 3.90. The van der Waals surface area contributed by atoms with Crippen LogP contribution >= 0.6 is 0 Å². The first kappa shape index (κ1) is 9.66. The summed E-state index contributed by atoms with van der Waals surface area (Å²) in [7, 11) is 0. The minimum absolute atomic E-state index is 0.177. The van der Waals surface area contributed by atoms with E-state index in [4.69, 9.17) is 5.84 Å². The van der Waals surface area contributed by atoms with E-state index >= 15 is 0 Å². The van der Waals surface area contributed by atoms with Gasteiger partial charge < -0.3 is 0 Å². The van der Waals surface area contributed by atoms with Gasteiger partial charge in [0.1, 0.15) is 6.54 Å². The van der Waals surface area contributed by atoms with E-state index in [1.807, 2.05) is 5.43 Å². The number of likely N-dealkylation sites (tertiary alicyclic amines) is 1. The van der Waals surface area contributed by atoms with Crippen LogP contribution in [-0.4, -0.2) is 29.2 Å². The summed E-state index contributed by atoms with van der Waals surface area (Å²) < 4.78 is 0. The second-order valence-corrected chi connectivity index (χ2v) is 2.99. The van der Waals surface area contributed by atoms with Crippen LogP contribution in [0.15, 0.2) is 0 Å². The summed E-state index contributed by atoms with van der Waals surface area (Å²) in [4.78, 5) is 34.1. The molecule has 1 rings (SSSR count). The topological polar surface area (TPSA) is 92.5 Å². The van der Waals surface area contributed by atoms with Crippen molar-refractivity contribution in [3.8, 4) is 0 Å². The smallest absolute Gasteiger partial charge is 0.254 e. The van der Waals surface area contributed by atoms with Crippen LogP contribution in [0, 0.1) is 5.92 Å². The van der Waals surface area contributed by atoms with Crippen LogP contribution in [0.25, 0.3) is 0 Å². The van der Waals surface area contributed by atoms with Gasteiger partial charge in [0.25, 0.3) is 5.91 Å². The molecule has 1 aliphatic heterocycles. The monoisotopic (exact) mass is 185 g/mol. The molecule has 1 fully saturated rings. The molecule has 3 amide bonds. The van der Waals surface area contributed by atoms with Crippen LogP contribution in [0.2, 0.25) is 0 Å². The van der Waals surface area contributed by atoms with E-state index in [0.717, 1.165) is 4.90 Å². The molecule has 6 heteroatoms. The van der Waals surface area contributed by atoms with E-state index in [1.165, 1.54) is 0 Å². The fourth-order valence-corrected chi connectivity index (χ4v) is 1.20. The summed E-state index contributed by atoms with van der Waals surface area (Å²) in [5.74, 6) is 3.33. The number of rotatable bonds is 2. The predicted molar refractivity (Wildman–Crippen MR) is 42.8 cm³/mol. The summed E-state index contributed by atoms with van der Waals surface area (Å²) in [6, 6.07) is 0. The summed E-state index contributed by atoms with van der Waals surface area (Å²) in [5.41, 5.74) is 1.86. The van der Waals surface area contributed by atoms with E-state index in [0.29, 0.717) is 0 Å². The molecule has 1 unspecified atom stereocenters. The highest BCUT2D eigenvalue weighted by molar-refractivity contribution is 6.05. The van der Waals surface area contributed by atoms with Gasteiger partial charge >= 0.3 is 0 Å². The Labute approximate surface area is 75.0 Å². The van der Waals surface area contributed by atoms with Gasteiger partial charge in [-0.2, -0.15) is 0 Å². The second-order valence-electron chi connectivity index (χ2n) is 2.99.